The molecule has 0 fully saturated rings. The first-order valence-electron chi connectivity index (χ1n) is 10.6. The molecule has 1 heterocycles. The molecule has 25 heavy (non-hydrogen) atoms. The van der Waals surface area contributed by atoms with Crippen molar-refractivity contribution >= 4 is 14.0 Å². The fraction of sp³-hybridized carbons (Fsp3) is 0.864. The summed E-state index contributed by atoms with van der Waals surface area (Å²) in [5, 5.41) is 0.308. The third-order valence-electron chi connectivity index (χ3n) is 6.47. The Morgan fingerprint density at radius 3 is 2.00 bits per heavy atom. The van der Waals surface area contributed by atoms with Crippen LogP contribution in [0.2, 0.25) is 23.7 Å². The summed E-state index contributed by atoms with van der Waals surface area (Å²) in [7, 11) is -1.55. The second-order valence-corrected chi connectivity index (χ2v) is 15.1. The molecule has 0 radical (unpaired) electrons. The van der Waals surface area contributed by atoms with Crippen molar-refractivity contribution in [3.8, 4) is 0 Å². The summed E-state index contributed by atoms with van der Waals surface area (Å²) in [6.45, 7) is 14.2. The molecule has 2 atom stereocenters. The van der Waals surface area contributed by atoms with Crippen molar-refractivity contribution < 1.29 is 9.53 Å². The van der Waals surface area contributed by atoms with Crippen molar-refractivity contribution in [3.63, 3.8) is 0 Å². The fourth-order valence-corrected chi connectivity index (χ4v) is 6.41. The molecule has 1 aliphatic heterocycles. The summed E-state index contributed by atoms with van der Waals surface area (Å²) in [5.74, 6) is -0.143. The van der Waals surface area contributed by atoms with E-state index in [1.165, 1.54) is 57.8 Å². The summed E-state index contributed by atoms with van der Waals surface area (Å²) in [6.07, 6.45) is 17.0. The van der Waals surface area contributed by atoms with E-state index in [4.69, 9.17) is 4.74 Å². The quantitative estimate of drug-likeness (QED) is 0.218. The van der Waals surface area contributed by atoms with Crippen molar-refractivity contribution in [2.24, 2.45) is 0 Å². The van der Waals surface area contributed by atoms with E-state index in [0.29, 0.717) is 10.6 Å². The van der Waals surface area contributed by atoms with Crippen molar-refractivity contribution in [1.29, 1.82) is 0 Å². The van der Waals surface area contributed by atoms with Crippen molar-refractivity contribution in [2.45, 2.75) is 122 Å². The molecule has 0 bridgehead atoms. The SMILES string of the molecule is CCCCCCCCCCC[C@H]1OC(=O)C=C[C@@H]1[Si](C)(C)C(C)(C)C. The van der Waals surface area contributed by atoms with Crippen LogP contribution in [0.5, 0.6) is 0 Å². The van der Waals surface area contributed by atoms with Gasteiger partial charge >= 0.3 is 5.97 Å². The summed E-state index contributed by atoms with van der Waals surface area (Å²) < 4.78 is 5.76. The van der Waals surface area contributed by atoms with Crippen LogP contribution in [0.1, 0.15) is 91.9 Å². The zero-order valence-electron chi connectivity index (χ0n) is 17.7. The number of rotatable bonds is 11. The van der Waals surface area contributed by atoms with E-state index in [1.807, 2.05) is 0 Å². The number of carbonyl (C=O) groups is 1. The molecule has 1 aliphatic rings. The molecule has 0 aromatic heterocycles. The van der Waals surface area contributed by atoms with E-state index < -0.39 is 8.07 Å². The standard InChI is InChI=1S/C22H42O2Si/c1-7-8-9-10-11-12-13-14-15-16-19-20(17-18-21(23)24-19)25(5,6)22(2,3)4/h17-20H,7-16H2,1-6H3/t19-,20+/m1/s1. The van der Waals surface area contributed by atoms with Gasteiger partial charge in [-0.15, -0.1) is 0 Å². The van der Waals surface area contributed by atoms with Crippen molar-refractivity contribution in [3.05, 3.63) is 12.2 Å². The molecular formula is C22H42O2Si. The highest BCUT2D eigenvalue weighted by molar-refractivity contribution is 6.82. The molecule has 0 N–H and O–H groups in total. The lowest BCUT2D eigenvalue weighted by atomic mass is 10.0. The molecule has 146 valence electrons. The first kappa shape index (κ1) is 22.5. The van der Waals surface area contributed by atoms with Crippen LogP contribution in [0.25, 0.3) is 0 Å². The number of carbonyl (C=O) groups excluding carboxylic acids is 1. The maximum Gasteiger partial charge on any atom is 0.330 e. The van der Waals surface area contributed by atoms with Crippen LogP contribution >= 0.6 is 0 Å². The van der Waals surface area contributed by atoms with E-state index in [-0.39, 0.29) is 12.1 Å². The Hall–Kier alpha value is -0.573. The highest BCUT2D eigenvalue weighted by Gasteiger charge is 2.46. The molecular weight excluding hydrogens is 324 g/mol. The molecule has 0 aliphatic carbocycles. The smallest absolute Gasteiger partial charge is 0.330 e. The van der Waals surface area contributed by atoms with Crippen LogP contribution in [0, 0.1) is 0 Å². The summed E-state index contributed by atoms with van der Waals surface area (Å²) in [6, 6.07) is 0. The minimum atomic E-state index is -1.55. The molecule has 0 aromatic rings. The maximum absolute atomic E-state index is 11.8. The van der Waals surface area contributed by atoms with E-state index in [2.05, 4.69) is 46.9 Å². The predicted octanol–water partition coefficient (Wildman–Crippen LogP) is 7.27. The van der Waals surface area contributed by atoms with E-state index >= 15 is 0 Å². The Morgan fingerprint density at radius 1 is 0.960 bits per heavy atom. The van der Waals surface area contributed by atoms with Gasteiger partial charge in [0.2, 0.25) is 0 Å². The first-order chi connectivity index (χ1) is 11.7. The Labute approximate surface area is 157 Å². The topological polar surface area (TPSA) is 26.3 Å². The fourth-order valence-electron chi connectivity index (χ4n) is 3.67. The lowest BCUT2D eigenvalue weighted by Crippen LogP contribution is -2.48. The van der Waals surface area contributed by atoms with Crippen LogP contribution in [0.3, 0.4) is 0 Å². The molecule has 0 spiro atoms. The number of hydrogen-bond donors (Lipinski definition) is 0. The average Bonchev–Trinajstić information content (AvgIpc) is 2.52. The van der Waals surface area contributed by atoms with Crippen LogP contribution in [-0.4, -0.2) is 20.1 Å². The van der Waals surface area contributed by atoms with Crippen LogP contribution < -0.4 is 0 Å². The lowest BCUT2D eigenvalue weighted by Gasteiger charge is -2.46. The van der Waals surface area contributed by atoms with Gasteiger partial charge in [-0.2, -0.15) is 0 Å². The molecule has 1 rings (SSSR count). The first-order valence-corrected chi connectivity index (χ1v) is 13.7. The van der Waals surface area contributed by atoms with E-state index in [1.54, 1.807) is 6.08 Å². The zero-order valence-corrected chi connectivity index (χ0v) is 18.7. The minimum absolute atomic E-state index is 0.0999. The van der Waals surface area contributed by atoms with Gasteiger partial charge in [-0.25, -0.2) is 4.79 Å². The van der Waals surface area contributed by atoms with Gasteiger partial charge in [0.25, 0.3) is 0 Å². The normalized spacial score (nSPS) is 21.4. The third kappa shape index (κ3) is 7.28. The van der Waals surface area contributed by atoms with Crippen LogP contribution in [0.4, 0.5) is 0 Å². The summed E-state index contributed by atoms with van der Waals surface area (Å²) in [5.41, 5.74) is 0.444. The Kier molecular flexibility index (Phi) is 9.48. The number of esters is 1. The van der Waals surface area contributed by atoms with Crippen molar-refractivity contribution in [2.75, 3.05) is 0 Å². The predicted molar refractivity (Wildman–Crippen MR) is 112 cm³/mol. The second kappa shape index (κ2) is 10.5. The number of ether oxygens (including phenoxy) is 1. The molecule has 2 nitrogen and oxygen atoms in total. The highest BCUT2D eigenvalue weighted by atomic mass is 28.3. The molecule has 0 unspecified atom stereocenters. The van der Waals surface area contributed by atoms with Gasteiger partial charge in [-0.3, -0.25) is 0 Å². The minimum Gasteiger partial charge on any atom is -0.459 e. The Morgan fingerprint density at radius 2 is 1.48 bits per heavy atom. The molecule has 3 heteroatoms. The second-order valence-electron chi connectivity index (χ2n) is 9.45. The zero-order chi connectivity index (χ0) is 18.9. The third-order valence-corrected chi connectivity index (χ3v) is 12.6. The lowest BCUT2D eigenvalue weighted by molar-refractivity contribution is -0.144. The molecule has 0 saturated carbocycles. The highest BCUT2D eigenvalue weighted by Crippen LogP contribution is 2.47. The Balaban J connectivity index is 2.39. The number of cyclic esters (lactones) is 1. The largest absolute Gasteiger partial charge is 0.459 e. The average molecular weight is 367 g/mol. The van der Waals surface area contributed by atoms with E-state index in [0.717, 1.165) is 6.42 Å². The summed E-state index contributed by atoms with van der Waals surface area (Å²) in [4.78, 5) is 11.8. The molecule has 0 saturated heterocycles. The monoisotopic (exact) mass is 366 g/mol. The van der Waals surface area contributed by atoms with Gasteiger partial charge in [0.15, 0.2) is 0 Å². The van der Waals surface area contributed by atoms with Crippen LogP contribution in [-0.2, 0) is 9.53 Å². The van der Waals surface area contributed by atoms with Crippen molar-refractivity contribution in [1.82, 2.24) is 0 Å². The Bertz CT molecular complexity index is 420. The molecule has 0 aromatic carbocycles. The summed E-state index contributed by atoms with van der Waals surface area (Å²) >= 11 is 0. The van der Waals surface area contributed by atoms with Gasteiger partial charge in [0, 0.05) is 11.6 Å². The van der Waals surface area contributed by atoms with Gasteiger partial charge < -0.3 is 4.74 Å². The van der Waals surface area contributed by atoms with E-state index in [9.17, 15) is 4.79 Å². The van der Waals surface area contributed by atoms with Gasteiger partial charge in [0.05, 0.1) is 8.07 Å². The van der Waals surface area contributed by atoms with Gasteiger partial charge in [-0.05, 0) is 17.9 Å². The van der Waals surface area contributed by atoms with Gasteiger partial charge in [-0.1, -0.05) is 98.2 Å². The number of unbranched alkanes of at least 4 members (excludes halogenated alkanes) is 8. The maximum atomic E-state index is 11.8. The number of hydrogen-bond acceptors (Lipinski definition) is 2. The van der Waals surface area contributed by atoms with Crippen LogP contribution in [0.15, 0.2) is 12.2 Å². The van der Waals surface area contributed by atoms with Gasteiger partial charge in [0.1, 0.15) is 6.10 Å². The molecule has 0 amide bonds.